The van der Waals surface area contributed by atoms with Crippen LogP contribution in [0, 0.1) is 6.92 Å². The normalized spacial score (nSPS) is 10.9. The van der Waals surface area contributed by atoms with Crippen LogP contribution in [0.25, 0.3) is 16.6 Å². The van der Waals surface area contributed by atoms with Crippen LogP contribution in [0.2, 0.25) is 5.02 Å². The molecule has 0 saturated heterocycles. The molecule has 2 heterocycles. The van der Waals surface area contributed by atoms with Crippen molar-refractivity contribution in [2.24, 2.45) is 0 Å². The Morgan fingerprint density at radius 1 is 1.18 bits per heavy atom. The number of aryl methyl sites for hydroxylation is 1. The summed E-state index contributed by atoms with van der Waals surface area (Å²) in [5, 5.41) is 2.76. The average Bonchev–Trinajstić information content (AvgIpc) is 2.87. The molecule has 0 aliphatic rings. The molecular weight excluding hydrogens is 234 g/mol. The third-order valence-corrected chi connectivity index (χ3v) is 3.22. The van der Waals surface area contributed by atoms with Gasteiger partial charge in [-0.25, -0.2) is 9.97 Å². The van der Waals surface area contributed by atoms with Gasteiger partial charge >= 0.3 is 0 Å². The van der Waals surface area contributed by atoms with Gasteiger partial charge in [-0.2, -0.15) is 0 Å². The van der Waals surface area contributed by atoms with Crippen LogP contribution in [0.15, 0.2) is 43.0 Å². The molecule has 0 aliphatic carbocycles. The number of nitrogens with zero attached hydrogens (tertiary/aromatic N) is 3. The first-order valence-corrected chi connectivity index (χ1v) is 5.68. The van der Waals surface area contributed by atoms with Gasteiger partial charge in [0.25, 0.3) is 0 Å². The molecule has 0 amide bonds. The number of fused-ring (bicyclic) bond motifs is 1. The van der Waals surface area contributed by atoms with E-state index in [0.717, 1.165) is 22.3 Å². The molecule has 0 N–H and O–H groups in total. The van der Waals surface area contributed by atoms with E-state index >= 15 is 0 Å². The standard InChI is InChI=1S/C13H10ClN3/c1-9-12(14)10-4-2-3-5-11(10)13(16-9)17-7-6-15-8-17/h2-8H,1H3. The Labute approximate surface area is 104 Å². The van der Waals surface area contributed by atoms with Gasteiger partial charge in [-0.15, -0.1) is 0 Å². The Morgan fingerprint density at radius 2 is 1.94 bits per heavy atom. The van der Waals surface area contributed by atoms with E-state index < -0.39 is 0 Å². The van der Waals surface area contributed by atoms with Crippen molar-refractivity contribution in [3.63, 3.8) is 0 Å². The molecule has 3 aromatic rings. The van der Waals surface area contributed by atoms with Gasteiger partial charge in [-0.1, -0.05) is 35.9 Å². The molecule has 0 aliphatic heterocycles. The second kappa shape index (κ2) is 3.86. The van der Waals surface area contributed by atoms with Gasteiger partial charge in [-0.3, -0.25) is 4.57 Å². The number of hydrogen-bond acceptors (Lipinski definition) is 2. The quantitative estimate of drug-likeness (QED) is 0.656. The maximum atomic E-state index is 6.27. The monoisotopic (exact) mass is 243 g/mol. The van der Waals surface area contributed by atoms with E-state index in [0.29, 0.717) is 5.02 Å². The lowest BCUT2D eigenvalue weighted by molar-refractivity contribution is 0.991. The van der Waals surface area contributed by atoms with Crippen molar-refractivity contribution in [1.82, 2.24) is 14.5 Å². The summed E-state index contributed by atoms with van der Waals surface area (Å²) in [5.74, 6) is 0.861. The first-order valence-electron chi connectivity index (χ1n) is 5.30. The van der Waals surface area contributed by atoms with Gasteiger partial charge in [0.15, 0.2) is 0 Å². The molecule has 0 saturated carbocycles. The Balaban J connectivity index is 2.43. The fourth-order valence-corrected chi connectivity index (χ4v) is 2.12. The lowest BCUT2D eigenvalue weighted by Crippen LogP contribution is -1.98. The Bertz CT molecular complexity index is 674. The maximum absolute atomic E-state index is 6.27. The van der Waals surface area contributed by atoms with Crippen molar-refractivity contribution in [1.29, 1.82) is 0 Å². The summed E-state index contributed by atoms with van der Waals surface area (Å²) in [6.07, 6.45) is 5.35. The fourth-order valence-electron chi connectivity index (χ4n) is 1.91. The lowest BCUT2D eigenvalue weighted by Gasteiger charge is -2.09. The number of benzene rings is 1. The summed E-state index contributed by atoms with van der Waals surface area (Å²) < 4.78 is 1.89. The third kappa shape index (κ3) is 1.59. The van der Waals surface area contributed by atoms with E-state index in [1.165, 1.54) is 0 Å². The zero-order chi connectivity index (χ0) is 11.8. The molecule has 84 valence electrons. The summed E-state index contributed by atoms with van der Waals surface area (Å²) in [6, 6.07) is 7.98. The second-order valence-electron chi connectivity index (χ2n) is 3.85. The Kier molecular flexibility index (Phi) is 2.34. The average molecular weight is 244 g/mol. The van der Waals surface area contributed by atoms with Crippen molar-refractivity contribution >= 4 is 22.4 Å². The van der Waals surface area contributed by atoms with Gasteiger partial charge in [0.2, 0.25) is 0 Å². The highest BCUT2D eigenvalue weighted by Gasteiger charge is 2.10. The molecule has 0 spiro atoms. The van der Waals surface area contributed by atoms with E-state index in [2.05, 4.69) is 9.97 Å². The first kappa shape index (κ1) is 10.3. The number of hydrogen-bond donors (Lipinski definition) is 0. The fraction of sp³-hybridized carbons (Fsp3) is 0.0769. The van der Waals surface area contributed by atoms with Gasteiger partial charge in [-0.05, 0) is 6.92 Å². The van der Waals surface area contributed by atoms with Crippen molar-refractivity contribution < 1.29 is 0 Å². The van der Waals surface area contributed by atoms with Crippen LogP contribution in [0.5, 0.6) is 0 Å². The molecule has 3 nitrogen and oxygen atoms in total. The second-order valence-corrected chi connectivity index (χ2v) is 4.23. The van der Waals surface area contributed by atoms with Crippen LogP contribution in [0.4, 0.5) is 0 Å². The maximum Gasteiger partial charge on any atom is 0.146 e. The van der Waals surface area contributed by atoms with Gasteiger partial charge in [0, 0.05) is 23.2 Å². The first-order chi connectivity index (χ1) is 8.27. The minimum Gasteiger partial charge on any atom is -0.290 e. The third-order valence-electron chi connectivity index (χ3n) is 2.74. The molecule has 4 heteroatoms. The molecule has 0 unspecified atom stereocenters. The minimum absolute atomic E-state index is 0.712. The smallest absolute Gasteiger partial charge is 0.146 e. The van der Waals surface area contributed by atoms with Crippen molar-refractivity contribution in [2.45, 2.75) is 6.92 Å². The zero-order valence-corrected chi connectivity index (χ0v) is 10.0. The summed E-state index contributed by atoms with van der Waals surface area (Å²) in [7, 11) is 0. The van der Waals surface area contributed by atoms with Crippen LogP contribution in [0.1, 0.15) is 5.69 Å². The summed E-state index contributed by atoms with van der Waals surface area (Å²) in [6.45, 7) is 1.91. The number of imidazole rings is 1. The van der Waals surface area contributed by atoms with Gasteiger partial charge < -0.3 is 0 Å². The van der Waals surface area contributed by atoms with Gasteiger partial charge in [0.1, 0.15) is 12.1 Å². The zero-order valence-electron chi connectivity index (χ0n) is 9.26. The van der Waals surface area contributed by atoms with Crippen LogP contribution in [-0.4, -0.2) is 14.5 Å². The van der Waals surface area contributed by atoms with Gasteiger partial charge in [0.05, 0.1) is 10.7 Å². The molecule has 3 rings (SSSR count). The van der Waals surface area contributed by atoms with Crippen LogP contribution in [-0.2, 0) is 0 Å². The Morgan fingerprint density at radius 3 is 2.65 bits per heavy atom. The highest BCUT2D eigenvalue weighted by molar-refractivity contribution is 6.36. The molecular formula is C13H10ClN3. The summed E-state index contributed by atoms with van der Waals surface area (Å²) >= 11 is 6.27. The lowest BCUT2D eigenvalue weighted by atomic mass is 10.1. The largest absolute Gasteiger partial charge is 0.290 e. The summed E-state index contributed by atoms with van der Waals surface area (Å²) in [4.78, 5) is 8.58. The van der Waals surface area contributed by atoms with E-state index in [-0.39, 0.29) is 0 Å². The topological polar surface area (TPSA) is 30.7 Å². The molecule has 0 fully saturated rings. The van der Waals surface area contributed by atoms with Crippen LogP contribution in [0.3, 0.4) is 0 Å². The van der Waals surface area contributed by atoms with Crippen LogP contribution >= 0.6 is 11.6 Å². The van der Waals surface area contributed by atoms with Crippen molar-refractivity contribution in [3.8, 4) is 5.82 Å². The number of halogens is 1. The highest BCUT2D eigenvalue weighted by Crippen LogP contribution is 2.29. The minimum atomic E-state index is 0.712. The number of aromatic nitrogens is 3. The van der Waals surface area contributed by atoms with E-state index in [1.54, 1.807) is 12.5 Å². The van der Waals surface area contributed by atoms with E-state index in [1.807, 2.05) is 42.0 Å². The predicted molar refractivity (Wildman–Crippen MR) is 68.6 cm³/mol. The molecule has 0 atom stereocenters. The molecule has 0 radical (unpaired) electrons. The SMILES string of the molecule is Cc1nc(-n2ccnc2)c2ccccc2c1Cl. The van der Waals surface area contributed by atoms with E-state index in [9.17, 15) is 0 Å². The number of rotatable bonds is 1. The Hall–Kier alpha value is -1.87. The summed E-state index contributed by atoms with van der Waals surface area (Å²) in [5.41, 5.74) is 0.828. The van der Waals surface area contributed by atoms with E-state index in [4.69, 9.17) is 11.6 Å². The van der Waals surface area contributed by atoms with Crippen molar-refractivity contribution in [2.75, 3.05) is 0 Å². The molecule has 17 heavy (non-hydrogen) atoms. The highest BCUT2D eigenvalue weighted by atomic mass is 35.5. The molecule has 2 aromatic heterocycles. The predicted octanol–water partition coefficient (Wildman–Crippen LogP) is 3.38. The molecule has 0 bridgehead atoms. The number of pyridine rings is 1. The molecule has 1 aromatic carbocycles. The van der Waals surface area contributed by atoms with Crippen molar-refractivity contribution in [3.05, 3.63) is 53.7 Å². The van der Waals surface area contributed by atoms with Crippen LogP contribution < -0.4 is 0 Å².